The van der Waals surface area contributed by atoms with Crippen molar-refractivity contribution in [3.8, 4) is 0 Å². The van der Waals surface area contributed by atoms with Crippen molar-refractivity contribution in [2.45, 2.75) is 32.7 Å². The number of ketones is 1. The van der Waals surface area contributed by atoms with Gasteiger partial charge in [0.1, 0.15) is 0 Å². The van der Waals surface area contributed by atoms with Gasteiger partial charge in [0.15, 0.2) is 6.61 Å². The SMILES string of the molecule is Cc1cc(C(=O)COC(=O)c2cc([N+](=O)[O-])ccc2N(C)C)c(C)n1C1CC1. The highest BCUT2D eigenvalue weighted by Gasteiger charge is 2.28. The van der Waals surface area contributed by atoms with Crippen molar-refractivity contribution in [3.63, 3.8) is 0 Å². The summed E-state index contributed by atoms with van der Waals surface area (Å²) in [6, 6.07) is 6.25. The molecule has 28 heavy (non-hydrogen) atoms. The van der Waals surface area contributed by atoms with Crippen LogP contribution in [0.2, 0.25) is 0 Å². The molecule has 148 valence electrons. The number of aromatic nitrogens is 1. The van der Waals surface area contributed by atoms with E-state index in [1.165, 1.54) is 18.2 Å². The van der Waals surface area contributed by atoms with Gasteiger partial charge in [-0.1, -0.05) is 0 Å². The lowest BCUT2D eigenvalue weighted by molar-refractivity contribution is -0.384. The van der Waals surface area contributed by atoms with Crippen molar-refractivity contribution in [2.24, 2.45) is 0 Å². The molecular weight excluding hydrogens is 362 g/mol. The topological polar surface area (TPSA) is 94.7 Å². The summed E-state index contributed by atoms with van der Waals surface area (Å²) in [6.07, 6.45) is 2.22. The Kier molecular flexibility index (Phi) is 5.22. The average molecular weight is 385 g/mol. The largest absolute Gasteiger partial charge is 0.454 e. The zero-order valence-electron chi connectivity index (χ0n) is 16.4. The highest BCUT2D eigenvalue weighted by molar-refractivity contribution is 6.02. The van der Waals surface area contributed by atoms with E-state index in [1.54, 1.807) is 19.0 Å². The number of carbonyl (C=O) groups excluding carboxylic acids is 2. The van der Waals surface area contributed by atoms with Gasteiger partial charge in [0.25, 0.3) is 5.69 Å². The summed E-state index contributed by atoms with van der Waals surface area (Å²) >= 11 is 0. The molecule has 2 aromatic rings. The monoisotopic (exact) mass is 385 g/mol. The number of rotatable bonds is 7. The molecule has 0 aliphatic heterocycles. The number of carbonyl (C=O) groups is 2. The van der Waals surface area contributed by atoms with Crippen LogP contribution in [0.1, 0.15) is 51.0 Å². The van der Waals surface area contributed by atoms with E-state index >= 15 is 0 Å². The van der Waals surface area contributed by atoms with Crippen LogP contribution in [0.4, 0.5) is 11.4 Å². The highest BCUT2D eigenvalue weighted by atomic mass is 16.6. The number of hydrogen-bond acceptors (Lipinski definition) is 6. The molecule has 0 spiro atoms. The van der Waals surface area contributed by atoms with Gasteiger partial charge in [-0.3, -0.25) is 14.9 Å². The first-order chi connectivity index (χ1) is 13.2. The van der Waals surface area contributed by atoms with Gasteiger partial charge in [0, 0.05) is 49.2 Å². The molecule has 0 radical (unpaired) electrons. The number of anilines is 1. The number of ether oxygens (including phenoxy) is 1. The molecule has 8 nitrogen and oxygen atoms in total. The van der Waals surface area contributed by atoms with Crippen LogP contribution in [0, 0.1) is 24.0 Å². The number of nitrogens with zero attached hydrogens (tertiary/aromatic N) is 3. The second-order valence-electron chi connectivity index (χ2n) is 7.24. The van der Waals surface area contributed by atoms with E-state index < -0.39 is 17.5 Å². The molecule has 1 fully saturated rings. The molecule has 1 aromatic heterocycles. The van der Waals surface area contributed by atoms with Gasteiger partial charge in [-0.15, -0.1) is 0 Å². The Hall–Kier alpha value is -3.16. The van der Waals surface area contributed by atoms with E-state index in [1.807, 2.05) is 19.9 Å². The lowest BCUT2D eigenvalue weighted by Gasteiger charge is -2.16. The third-order valence-electron chi connectivity index (χ3n) is 4.92. The molecule has 0 amide bonds. The quantitative estimate of drug-likeness (QED) is 0.314. The van der Waals surface area contributed by atoms with Crippen molar-refractivity contribution >= 4 is 23.1 Å². The van der Waals surface area contributed by atoms with Gasteiger partial charge in [-0.05, 0) is 38.8 Å². The van der Waals surface area contributed by atoms with Crippen LogP contribution in [-0.4, -0.2) is 41.9 Å². The van der Waals surface area contributed by atoms with E-state index in [9.17, 15) is 19.7 Å². The molecule has 8 heteroatoms. The van der Waals surface area contributed by atoms with E-state index in [-0.39, 0.29) is 17.0 Å². The van der Waals surface area contributed by atoms with Crippen LogP contribution in [0.5, 0.6) is 0 Å². The number of nitro groups is 1. The molecule has 1 aromatic carbocycles. The minimum atomic E-state index is -0.767. The smallest absolute Gasteiger partial charge is 0.340 e. The first-order valence-corrected chi connectivity index (χ1v) is 9.05. The van der Waals surface area contributed by atoms with Crippen LogP contribution < -0.4 is 4.90 Å². The van der Waals surface area contributed by atoms with Crippen molar-refractivity contribution in [2.75, 3.05) is 25.6 Å². The molecule has 0 bridgehead atoms. The van der Waals surface area contributed by atoms with Crippen LogP contribution >= 0.6 is 0 Å². The fraction of sp³-hybridized carbons (Fsp3) is 0.400. The van der Waals surface area contributed by atoms with Crippen LogP contribution in [0.15, 0.2) is 24.3 Å². The summed E-state index contributed by atoms with van der Waals surface area (Å²) in [6.45, 7) is 3.44. The van der Waals surface area contributed by atoms with Crippen molar-refractivity contribution < 1.29 is 19.2 Å². The maximum absolute atomic E-state index is 12.6. The molecule has 0 atom stereocenters. The van der Waals surface area contributed by atoms with Crippen molar-refractivity contribution in [1.29, 1.82) is 0 Å². The van der Waals surface area contributed by atoms with Gasteiger partial charge in [-0.2, -0.15) is 0 Å². The number of Topliss-reactive ketones (excluding diaryl/α,β-unsaturated/α-hetero) is 1. The first-order valence-electron chi connectivity index (χ1n) is 9.05. The number of non-ortho nitro benzene ring substituents is 1. The zero-order chi connectivity index (χ0) is 20.6. The Morgan fingerprint density at radius 3 is 2.46 bits per heavy atom. The maximum atomic E-state index is 12.6. The number of hydrogen-bond donors (Lipinski definition) is 0. The minimum absolute atomic E-state index is 0.0513. The van der Waals surface area contributed by atoms with E-state index in [4.69, 9.17) is 4.74 Å². The second kappa shape index (κ2) is 7.46. The van der Waals surface area contributed by atoms with Crippen molar-refractivity contribution in [3.05, 3.63) is 56.9 Å². The van der Waals surface area contributed by atoms with Gasteiger partial charge in [-0.25, -0.2) is 4.79 Å². The molecular formula is C20H23N3O5. The summed E-state index contributed by atoms with van der Waals surface area (Å²) < 4.78 is 7.36. The predicted octanol–water partition coefficient (Wildman–Crippen LogP) is 3.45. The second-order valence-corrected chi connectivity index (χ2v) is 7.24. The Balaban J connectivity index is 1.77. The first kappa shape index (κ1) is 19.6. The van der Waals surface area contributed by atoms with Crippen LogP contribution in [0.25, 0.3) is 0 Å². The Morgan fingerprint density at radius 1 is 1.21 bits per heavy atom. The van der Waals surface area contributed by atoms with Gasteiger partial charge in [0.05, 0.1) is 16.2 Å². The third-order valence-corrected chi connectivity index (χ3v) is 4.92. The predicted molar refractivity (Wildman–Crippen MR) is 104 cm³/mol. The number of esters is 1. The summed E-state index contributed by atoms with van der Waals surface area (Å²) in [5.41, 5.74) is 2.76. The third kappa shape index (κ3) is 3.76. The fourth-order valence-electron chi connectivity index (χ4n) is 3.43. The Labute approximate surface area is 162 Å². The number of aryl methyl sites for hydroxylation is 1. The van der Waals surface area contributed by atoms with E-state index in [0.29, 0.717) is 17.3 Å². The van der Waals surface area contributed by atoms with Crippen LogP contribution in [-0.2, 0) is 4.74 Å². The average Bonchev–Trinajstić information content (AvgIpc) is 3.43. The van der Waals surface area contributed by atoms with Gasteiger partial charge in [0.2, 0.25) is 5.78 Å². The molecule has 1 saturated carbocycles. The minimum Gasteiger partial charge on any atom is -0.454 e. The standard InChI is InChI=1S/C20H23N3O5/c1-12-9-16(13(2)22(12)14-5-6-14)19(24)11-28-20(25)17-10-15(23(26)27)7-8-18(17)21(3)4/h7-10,14H,5-6,11H2,1-4H3. The molecule has 0 N–H and O–H groups in total. The summed E-state index contributed by atoms with van der Waals surface area (Å²) in [5, 5.41) is 11.0. The Morgan fingerprint density at radius 2 is 1.89 bits per heavy atom. The molecule has 1 aliphatic carbocycles. The van der Waals surface area contributed by atoms with Crippen LogP contribution in [0.3, 0.4) is 0 Å². The van der Waals surface area contributed by atoms with E-state index in [0.717, 1.165) is 24.2 Å². The zero-order valence-corrected chi connectivity index (χ0v) is 16.4. The highest BCUT2D eigenvalue weighted by Crippen LogP contribution is 2.38. The van der Waals surface area contributed by atoms with E-state index in [2.05, 4.69) is 4.57 Å². The molecule has 1 heterocycles. The molecule has 0 unspecified atom stereocenters. The summed E-state index contributed by atoms with van der Waals surface area (Å²) in [5.74, 6) is -1.05. The van der Waals surface area contributed by atoms with Gasteiger partial charge >= 0.3 is 5.97 Å². The Bertz CT molecular complexity index is 957. The number of benzene rings is 1. The normalized spacial score (nSPS) is 13.3. The molecule has 1 aliphatic rings. The lowest BCUT2D eigenvalue weighted by Crippen LogP contribution is -2.19. The van der Waals surface area contributed by atoms with Gasteiger partial charge < -0.3 is 14.2 Å². The molecule has 3 rings (SSSR count). The molecule has 0 saturated heterocycles. The number of nitro benzene ring substituents is 1. The lowest BCUT2D eigenvalue weighted by atomic mass is 10.1. The fourth-order valence-corrected chi connectivity index (χ4v) is 3.43. The maximum Gasteiger partial charge on any atom is 0.340 e. The summed E-state index contributed by atoms with van der Waals surface area (Å²) in [7, 11) is 3.44. The van der Waals surface area contributed by atoms with Crippen molar-refractivity contribution in [1.82, 2.24) is 4.57 Å². The summed E-state index contributed by atoms with van der Waals surface area (Å²) in [4.78, 5) is 37.2.